The number of carbonyl (C=O) groups is 1. The van der Waals surface area contributed by atoms with E-state index in [2.05, 4.69) is 10.6 Å². The van der Waals surface area contributed by atoms with Gasteiger partial charge in [-0.25, -0.2) is 4.39 Å². The quantitative estimate of drug-likeness (QED) is 0.907. The van der Waals surface area contributed by atoms with Gasteiger partial charge in [0, 0.05) is 23.7 Å². The Morgan fingerprint density at radius 3 is 2.58 bits per heavy atom. The molecule has 0 spiro atoms. The number of nitrogens with one attached hydrogen (secondary N) is 2. The summed E-state index contributed by atoms with van der Waals surface area (Å²) < 4.78 is 19.1. The number of hydrogen-bond acceptors (Lipinski definition) is 3. The topological polar surface area (TPSA) is 50.4 Å². The number of rotatable bonds is 4. The summed E-state index contributed by atoms with van der Waals surface area (Å²) in [6, 6.07) is 14.2. The Hall–Kier alpha value is -2.40. The highest BCUT2D eigenvalue weighted by Gasteiger charge is 2.39. The Morgan fingerprint density at radius 2 is 1.92 bits per heavy atom. The molecule has 4 nitrogen and oxygen atoms in total. The Bertz CT molecular complexity index is 747. The number of halogens is 1. The zero-order valence-corrected chi connectivity index (χ0v) is 13.2. The third-order valence-electron chi connectivity index (χ3n) is 4.80. The number of amides is 1. The molecule has 2 aromatic carbocycles. The molecule has 2 aliphatic heterocycles. The van der Waals surface area contributed by atoms with E-state index < -0.39 is 5.82 Å². The first-order valence-corrected chi connectivity index (χ1v) is 8.28. The van der Waals surface area contributed by atoms with Crippen LogP contribution in [-0.4, -0.2) is 24.0 Å². The van der Waals surface area contributed by atoms with Gasteiger partial charge in [-0.3, -0.25) is 4.79 Å². The van der Waals surface area contributed by atoms with Crippen molar-refractivity contribution in [2.75, 3.05) is 0 Å². The summed E-state index contributed by atoms with van der Waals surface area (Å²) in [5, 5.41) is 6.61. The highest BCUT2D eigenvalue weighted by molar-refractivity contribution is 5.94. The molecular weight excluding hydrogens is 307 g/mol. The van der Waals surface area contributed by atoms with Crippen molar-refractivity contribution in [3.8, 4) is 11.5 Å². The van der Waals surface area contributed by atoms with Crippen LogP contribution >= 0.6 is 0 Å². The van der Waals surface area contributed by atoms with Crippen molar-refractivity contribution >= 4 is 5.91 Å². The largest absolute Gasteiger partial charge is 0.454 e. The molecule has 0 saturated carbocycles. The van der Waals surface area contributed by atoms with Crippen molar-refractivity contribution in [2.24, 2.45) is 0 Å². The van der Waals surface area contributed by atoms with Crippen LogP contribution in [0.15, 0.2) is 48.5 Å². The van der Waals surface area contributed by atoms with E-state index in [9.17, 15) is 9.18 Å². The molecule has 0 unspecified atom stereocenters. The summed E-state index contributed by atoms with van der Waals surface area (Å²) in [4.78, 5) is 12.4. The van der Waals surface area contributed by atoms with Gasteiger partial charge in [-0.15, -0.1) is 0 Å². The molecule has 2 saturated heterocycles. The van der Waals surface area contributed by atoms with Crippen molar-refractivity contribution in [3.63, 3.8) is 0 Å². The number of fused-ring (bicyclic) bond motifs is 2. The summed E-state index contributed by atoms with van der Waals surface area (Å²) in [5.74, 6) is 0.177. The van der Waals surface area contributed by atoms with Crippen molar-refractivity contribution in [2.45, 2.75) is 37.4 Å². The summed E-state index contributed by atoms with van der Waals surface area (Å²) >= 11 is 0. The average molecular weight is 326 g/mol. The second-order valence-corrected chi connectivity index (χ2v) is 6.42. The second-order valence-electron chi connectivity index (χ2n) is 6.42. The zero-order chi connectivity index (χ0) is 16.5. The molecule has 4 rings (SSSR count). The molecule has 2 fully saturated rings. The van der Waals surface area contributed by atoms with Crippen LogP contribution in [0, 0.1) is 5.82 Å². The maximum Gasteiger partial charge on any atom is 0.251 e. The molecule has 24 heavy (non-hydrogen) atoms. The number of carbonyl (C=O) groups excluding carboxylic acids is 1. The second kappa shape index (κ2) is 6.24. The fourth-order valence-corrected chi connectivity index (χ4v) is 3.56. The minimum atomic E-state index is -0.414. The molecule has 2 aromatic rings. The van der Waals surface area contributed by atoms with Crippen molar-refractivity contribution in [3.05, 3.63) is 59.9 Å². The molecular formula is C19H19FN2O2. The number of benzene rings is 2. The molecule has 2 N–H and O–H groups in total. The van der Waals surface area contributed by atoms with Gasteiger partial charge >= 0.3 is 0 Å². The van der Waals surface area contributed by atoms with E-state index in [1.54, 1.807) is 42.5 Å². The third kappa shape index (κ3) is 2.99. The molecule has 2 bridgehead atoms. The van der Waals surface area contributed by atoms with Crippen LogP contribution in [0.4, 0.5) is 4.39 Å². The number of hydrogen-bond donors (Lipinski definition) is 2. The third-order valence-corrected chi connectivity index (χ3v) is 4.80. The smallest absolute Gasteiger partial charge is 0.251 e. The van der Waals surface area contributed by atoms with Gasteiger partial charge in [0.1, 0.15) is 5.75 Å². The zero-order valence-electron chi connectivity index (χ0n) is 13.2. The van der Waals surface area contributed by atoms with Crippen LogP contribution in [-0.2, 0) is 0 Å². The molecule has 0 radical (unpaired) electrons. The van der Waals surface area contributed by atoms with Crippen LogP contribution in [0.5, 0.6) is 11.5 Å². The summed E-state index contributed by atoms with van der Waals surface area (Å²) in [5.41, 5.74) is 0.582. The number of para-hydroxylation sites is 1. The fraction of sp³-hybridized carbons (Fsp3) is 0.316. The highest BCUT2D eigenvalue weighted by atomic mass is 19.1. The molecule has 2 heterocycles. The monoisotopic (exact) mass is 326 g/mol. The van der Waals surface area contributed by atoms with Crippen molar-refractivity contribution in [1.29, 1.82) is 0 Å². The van der Waals surface area contributed by atoms with Crippen LogP contribution in [0.3, 0.4) is 0 Å². The highest BCUT2D eigenvalue weighted by Crippen LogP contribution is 2.28. The molecule has 2 aliphatic rings. The Balaban J connectivity index is 1.40. The molecule has 1 amide bonds. The van der Waals surface area contributed by atoms with Gasteiger partial charge in [0.05, 0.1) is 0 Å². The molecule has 5 heteroatoms. The molecule has 3 atom stereocenters. The maximum absolute atomic E-state index is 13.6. The van der Waals surface area contributed by atoms with E-state index in [0.717, 1.165) is 12.8 Å². The van der Waals surface area contributed by atoms with Crippen LogP contribution < -0.4 is 15.4 Å². The van der Waals surface area contributed by atoms with Gasteiger partial charge < -0.3 is 15.4 Å². The minimum Gasteiger partial charge on any atom is -0.454 e. The van der Waals surface area contributed by atoms with Crippen LogP contribution in [0.2, 0.25) is 0 Å². The minimum absolute atomic E-state index is 0.0770. The first-order chi connectivity index (χ1) is 11.7. The molecule has 0 aliphatic carbocycles. The van der Waals surface area contributed by atoms with Crippen molar-refractivity contribution < 1.29 is 13.9 Å². The van der Waals surface area contributed by atoms with Crippen molar-refractivity contribution in [1.82, 2.24) is 10.6 Å². The lowest BCUT2D eigenvalue weighted by Crippen LogP contribution is -2.42. The predicted molar refractivity (Wildman–Crippen MR) is 88.7 cm³/mol. The Labute approximate surface area is 140 Å². The summed E-state index contributed by atoms with van der Waals surface area (Å²) in [7, 11) is 0. The SMILES string of the molecule is O=C(N[C@@H]1C[C@H]2CC[C@@H]1N2)c1ccc(Oc2ccccc2F)cc1. The normalized spacial score (nSPS) is 24.8. The van der Waals surface area contributed by atoms with Crippen LogP contribution in [0.25, 0.3) is 0 Å². The summed E-state index contributed by atoms with van der Waals surface area (Å²) in [6.45, 7) is 0. The summed E-state index contributed by atoms with van der Waals surface area (Å²) in [6.07, 6.45) is 3.34. The molecule has 124 valence electrons. The predicted octanol–water partition coefficient (Wildman–Crippen LogP) is 3.24. The number of ether oxygens (including phenoxy) is 1. The molecule has 0 aromatic heterocycles. The average Bonchev–Trinajstić information content (AvgIpc) is 3.20. The van der Waals surface area contributed by atoms with E-state index in [0.29, 0.717) is 23.4 Å². The maximum atomic E-state index is 13.6. The first-order valence-electron chi connectivity index (χ1n) is 8.28. The van der Waals surface area contributed by atoms with Crippen LogP contribution in [0.1, 0.15) is 29.6 Å². The van der Waals surface area contributed by atoms with Gasteiger partial charge in [-0.05, 0) is 55.7 Å². The van der Waals surface area contributed by atoms with Gasteiger partial charge in [0.15, 0.2) is 11.6 Å². The van der Waals surface area contributed by atoms with E-state index in [1.807, 2.05) is 0 Å². The van der Waals surface area contributed by atoms with E-state index in [1.165, 1.54) is 12.5 Å². The lowest BCUT2D eigenvalue weighted by molar-refractivity contribution is 0.0931. The standard InChI is InChI=1S/C19H19FN2O2/c20-15-3-1-2-4-18(15)24-14-8-5-12(6-9-14)19(23)22-17-11-13-7-10-16(17)21-13/h1-6,8-9,13,16-17,21H,7,10-11H2,(H,22,23)/t13-,16+,17-/m1/s1. The van der Waals surface area contributed by atoms with E-state index in [4.69, 9.17) is 4.74 Å². The first kappa shape index (κ1) is 15.1. The fourth-order valence-electron chi connectivity index (χ4n) is 3.56. The van der Waals surface area contributed by atoms with E-state index in [-0.39, 0.29) is 17.7 Å². The van der Waals surface area contributed by atoms with Gasteiger partial charge in [-0.1, -0.05) is 12.1 Å². The van der Waals surface area contributed by atoms with E-state index >= 15 is 0 Å². The van der Waals surface area contributed by atoms with Gasteiger partial charge in [0.2, 0.25) is 0 Å². The van der Waals surface area contributed by atoms with Gasteiger partial charge in [-0.2, -0.15) is 0 Å². The lowest BCUT2D eigenvalue weighted by Gasteiger charge is -2.21. The lowest BCUT2D eigenvalue weighted by atomic mass is 9.95. The Kier molecular flexibility index (Phi) is 3.94. The van der Waals surface area contributed by atoms with Gasteiger partial charge in [0.25, 0.3) is 5.91 Å². The Morgan fingerprint density at radius 1 is 1.12 bits per heavy atom.